The van der Waals surface area contributed by atoms with E-state index in [0.717, 1.165) is 37.2 Å². The fraction of sp³-hybridized carbons (Fsp3) is 0.583. The molecule has 1 aliphatic rings. The SMILES string of the molecule is CCNC(=NCc1ccc(CN2CCCC(C)C2)cc1)NCc1c(C)nn(C)c1C.I. The highest BCUT2D eigenvalue weighted by Crippen LogP contribution is 2.18. The fourth-order valence-corrected chi connectivity index (χ4v) is 4.20. The minimum absolute atomic E-state index is 0. The van der Waals surface area contributed by atoms with Crippen molar-refractivity contribution in [2.75, 3.05) is 19.6 Å². The van der Waals surface area contributed by atoms with Crippen LogP contribution in [-0.2, 0) is 26.7 Å². The molecule has 3 rings (SSSR count). The van der Waals surface area contributed by atoms with E-state index in [-0.39, 0.29) is 24.0 Å². The van der Waals surface area contributed by atoms with E-state index in [4.69, 9.17) is 4.99 Å². The Hall–Kier alpha value is -1.61. The molecule has 2 heterocycles. The molecule has 1 fully saturated rings. The number of nitrogens with one attached hydrogen (secondary N) is 2. The normalized spacial score (nSPS) is 17.3. The van der Waals surface area contributed by atoms with Crippen LogP contribution < -0.4 is 10.6 Å². The van der Waals surface area contributed by atoms with Crippen molar-refractivity contribution in [3.63, 3.8) is 0 Å². The first-order valence-electron chi connectivity index (χ1n) is 11.3. The minimum Gasteiger partial charge on any atom is -0.357 e. The maximum atomic E-state index is 4.78. The number of guanidine groups is 1. The summed E-state index contributed by atoms with van der Waals surface area (Å²) in [6.45, 7) is 14.4. The van der Waals surface area contributed by atoms with Crippen LogP contribution in [0.25, 0.3) is 0 Å². The van der Waals surface area contributed by atoms with Gasteiger partial charge in [-0.05, 0) is 57.2 Å². The van der Waals surface area contributed by atoms with Crippen molar-refractivity contribution < 1.29 is 0 Å². The van der Waals surface area contributed by atoms with Crippen LogP contribution >= 0.6 is 24.0 Å². The zero-order valence-electron chi connectivity index (χ0n) is 19.7. The van der Waals surface area contributed by atoms with E-state index >= 15 is 0 Å². The third-order valence-corrected chi connectivity index (χ3v) is 6.03. The number of aryl methyl sites for hydroxylation is 2. The van der Waals surface area contributed by atoms with Crippen molar-refractivity contribution >= 4 is 29.9 Å². The third-order valence-electron chi connectivity index (χ3n) is 6.03. The van der Waals surface area contributed by atoms with Gasteiger partial charge >= 0.3 is 0 Å². The molecule has 0 aliphatic carbocycles. The standard InChI is InChI=1S/C24H38N6.HI/c1-6-25-24(27-15-23-19(3)28-29(5)20(23)4)26-14-21-9-11-22(12-10-21)17-30-13-7-8-18(2)16-30;/h9-12,18H,6-8,13-17H2,1-5H3,(H2,25,26,27);1H. The van der Waals surface area contributed by atoms with Crippen LogP contribution in [0.1, 0.15) is 54.8 Å². The molecule has 6 nitrogen and oxygen atoms in total. The third kappa shape index (κ3) is 7.49. The Labute approximate surface area is 204 Å². The van der Waals surface area contributed by atoms with Gasteiger partial charge in [0.15, 0.2) is 5.96 Å². The highest BCUT2D eigenvalue weighted by Gasteiger charge is 2.16. The van der Waals surface area contributed by atoms with Gasteiger partial charge in [-0.3, -0.25) is 9.58 Å². The molecule has 1 aromatic heterocycles. The Kier molecular flexibility index (Phi) is 10.3. The van der Waals surface area contributed by atoms with Gasteiger partial charge in [0, 0.05) is 44.5 Å². The summed E-state index contributed by atoms with van der Waals surface area (Å²) in [4.78, 5) is 7.36. The first kappa shape index (κ1) is 25.6. The molecule has 1 aliphatic heterocycles. The number of hydrogen-bond acceptors (Lipinski definition) is 3. The van der Waals surface area contributed by atoms with E-state index < -0.39 is 0 Å². The van der Waals surface area contributed by atoms with Gasteiger partial charge in [0.25, 0.3) is 0 Å². The second-order valence-corrected chi connectivity index (χ2v) is 8.62. The molecule has 1 unspecified atom stereocenters. The molecular formula is C24H39IN6. The summed E-state index contributed by atoms with van der Waals surface area (Å²) in [7, 11) is 1.99. The van der Waals surface area contributed by atoms with E-state index in [1.165, 1.54) is 48.3 Å². The number of aliphatic imine (C=N–C) groups is 1. The molecule has 31 heavy (non-hydrogen) atoms. The van der Waals surface area contributed by atoms with Gasteiger partial charge < -0.3 is 10.6 Å². The van der Waals surface area contributed by atoms with E-state index in [0.29, 0.717) is 6.54 Å². The molecule has 1 aromatic carbocycles. The van der Waals surface area contributed by atoms with Crippen LogP contribution in [0.3, 0.4) is 0 Å². The fourth-order valence-electron chi connectivity index (χ4n) is 4.20. The Morgan fingerprint density at radius 1 is 1.16 bits per heavy atom. The number of hydrogen-bond donors (Lipinski definition) is 2. The lowest BCUT2D eigenvalue weighted by molar-refractivity contribution is 0.176. The molecule has 0 saturated carbocycles. The number of likely N-dealkylation sites (tertiary alicyclic amines) is 1. The van der Waals surface area contributed by atoms with Crippen molar-refractivity contribution in [3.05, 3.63) is 52.3 Å². The summed E-state index contributed by atoms with van der Waals surface area (Å²) in [6, 6.07) is 8.94. The van der Waals surface area contributed by atoms with Crippen molar-refractivity contribution in [3.8, 4) is 0 Å². The van der Waals surface area contributed by atoms with Gasteiger partial charge in [-0.2, -0.15) is 5.10 Å². The molecule has 0 spiro atoms. The molecule has 1 saturated heterocycles. The quantitative estimate of drug-likeness (QED) is 0.316. The van der Waals surface area contributed by atoms with Gasteiger partial charge in [0.2, 0.25) is 0 Å². The molecule has 2 N–H and O–H groups in total. The van der Waals surface area contributed by atoms with Gasteiger partial charge in [0.05, 0.1) is 12.2 Å². The average molecular weight is 539 g/mol. The van der Waals surface area contributed by atoms with Crippen LogP contribution in [0.15, 0.2) is 29.3 Å². The molecule has 7 heteroatoms. The highest BCUT2D eigenvalue weighted by molar-refractivity contribution is 14.0. The molecule has 0 bridgehead atoms. The van der Waals surface area contributed by atoms with Crippen molar-refractivity contribution in [1.82, 2.24) is 25.3 Å². The second kappa shape index (κ2) is 12.4. The summed E-state index contributed by atoms with van der Waals surface area (Å²) < 4.78 is 1.93. The number of rotatable bonds is 7. The van der Waals surface area contributed by atoms with Crippen molar-refractivity contribution in [2.45, 2.75) is 60.2 Å². The Bertz CT molecular complexity index is 842. The monoisotopic (exact) mass is 538 g/mol. The number of benzene rings is 1. The smallest absolute Gasteiger partial charge is 0.191 e. The molecule has 0 radical (unpaired) electrons. The van der Waals surface area contributed by atoms with Gasteiger partial charge in [-0.1, -0.05) is 31.2 Å². The van der Waals surface area contributed by atoms with Crippen LogP contribution in [0.5, 0.6) is 0 Å². The first-order chi connectivity index (χ1) is 14.5. The highest BCUT2D eigenvalue weighted by atomic mass is 127. The number of piperidine rings is 1. The maximum absolute atomic E-state index is 4.78. The predicted molar refractivity (Wildman–Crippen MR) is 140 cm³/mol. The summed E-state index contributed by atoms with van der Waals surface area (Å²) >= 11 is 0. The Balaban J connectivity index is 0.00000341. The summed E-state index contributed by atoms with van der Waals surface area (Å²) in [5.41, 5.74) is 6.12. The lowest BCUT2D eigenvalue weighted by Crippen LogP contribution is -2.37. The van der Waals surface area contributed by atoms with E-state index in [1.807, 2.05) is 11.7 Å². The minimum atomic E-state index is 0. The van der Waals surface area contributed by atoms with E-state index in [9.17, 15) is 0 Å². The Morgan fingerprint density at radius 2 is 1.87 bits per heavy atom. The van der Waals surface area contributed by atoms with E-state index in [2.05, 4.69) is 72.6 Å². The van der Waals surface area contributed by atoms with Crippen molar-refractivity contribution in [1.29, 1.82) is 0 Å². The van der Waals surface area contributed by atoms with Gasteiger partial charge in [-0.25, -0.2) is 4.99 Å². The summed E-state index contributed by atoms with van der Waals surface area (Å²) in [5, 5.41) is 11.3. The topological polar surface area (TPSA) is 57.5 Å². The lowest BCUT2D eigenvalue weighted by atomic mass is 9.99. The number of nitrogens with zero attached hydrogens (tertiary/aromatic N) is 4. The number of aromatic nitrogens is 2. The van der Waals surface area contributed by atoms with E-state index in [1.54, 1.807) is 0 Å². The average Bonchev–Trinajstić information content (AvgIpc) is 2.96. The van der Waals surface area contributed by atoms with Gasteiger partial charge in [-0.15, -0.1) is 24.0 Å². The van der Waals surface area contributed by atoms with Gasteiger partial charge in [0.1, 0.15) is 0 Å². The molecular weight excluding hydrogens is 499 g/mol. The predicted octanol–water partition coefficient (Wildman–Crippen LogP) is 4.14. The van der Waals surface area contributed by atoms with Crippen LogP contribution in [0, 0.1) is 19.8 Å². The van der Waals surface area contributed by atoms with Crippen LogP contribution in [0.2, 0.25) is 0 Å². The maximum Gasteiger partial charge on any atom is 0.191 e. The molecule has 1 atom stereocenters. The van der Waals surface area contributed by atoms with Crippen molar-refractivity contribution in [2.24, 2.45) is 18.0 Å². The molecule has 0 amide bonds. The lowest BCUT2D eigenvalue weighted by Gasteiger charge is -2.30. The summed E-state index contributed by atoms with van der Waals surface area (Å²) in [6.07, 6.45) is 2.70. The summed E-state index contributed by atoms with van der Waals surface area (Å²) in [5.74, 6) is 1.66. The second-order valence-electron chi connectivity index (χ2n) is 8.62. The van der Waals surface area contributed by atoms with Crippen LogP contribution in [-0.4, -0.2) is 40.3 Å². The first-order valence-corrected chi connectivity index (χ1v) is 11.3. The largest absolute Gasteiger partial charge is 0.357 e. The molecule has 2 aromatic rings. The van der Waals surface area contributed by atoms with Crippen LogP contribution in [0.4, 0.5) is 0 Å². The zero-order valence-corrected chi connectivity index (χ0v) is 22.1. The Morgan fingerprint density at radius 3 is 2.48 bits per heavy atom. The number of halogens is 1. The zero-order chi connectivity index (χ0) is 21.5. The molecule has 172 valence electrons.